The number of amides is 4. The number of rotatable bonds is 7. The molecular formula is C16H23BrN4O3. The Kier molecular flexibility index (Phi) is 7.70. The van der Waals surface area contributed by atoms with E-state index in [1.807, 2.05) is 32.9 Å². The molecule has 4 amide bonds. The molecule has 1 aromatic carbocycles. The van der Waals surface area contributed by atoms with Crippen LogP contribution in [0.2, 0.25) is 0 Å². The average molecular weight is 399 g/mol. The second-order valence-corrected chi connectivity index (χ2v) is 6.51. The van der Waals surface area contributed by atoms with E-state index in [0.717, 1.165) is 10.0 Å². The zero-order chi connectivity index (χ0) is 18.3. The smallest absolute Gasteiger partial charge is 0.312 e. The van der Waals surface area contributed by atoms with Crippen LogP contribution in [0.3, 0.4) is 0 Å². The van der Waals surface area contributed by atoms with Gasteiger partial charge in [0, 0.05) is 10.2 Å². The lowest BCUT2D eigenvalue weighted by Gasteiger charge is -2.22. The minimum Gasteiger partial charge on any atom is -0.352 e. The molecule has 0 fully saturated rings. The lowest BCUT2D eigenvalue weighted by atomic mass is 9.98. The number of hydrogen-bond acceptors (Lipinski definition) is 3. The van der Waals surface area contributed by atoms with Crippen LogP contribution in [0.1, 0.15) is 25.8 Å². The van der Waals surface area contributed by atoms with E-state index in [2.05, 4.69) is 31.9 Å². The fourth-order valence-electron chi connectivity index (χ4n) is 2.09. The van der Waals surface area contributed by atoms with Crippen molar-refractivity contribution >= 4 is 39.5 Å². The summed E-state index contributed by atoms with van der Waals surface area (Å²) in [5, 5.41) is 7.66. The van der Waals surface area contributed by atoms with Crippen molar-refractivity contribution in [2.45, 2.75) is 33.2 Å². The average Bonchev–Trinajstić information content (AvgIpc) is 2.52. The summed E-state index contributed by atoms with van der Waals surface area (Å²) in [5.41, 5.74) is 6.67. The fourth-order valence-corrected chi connectivity index (χ4v) is 2.57. The molecule has 0 bridgehead atoms. The molecule has 0 unspecified atom stereocenters. The minimum absolute atomic E-state index is 0.103. The Morgan fingerprint density at radius 3 is 2.50 bits per heavy atom. The molecule has 0 spiro atoms. The van der Waals surface area contributed by atoms with E-state index in [9.17, 15) is 14.4 Å². The maximum atomic E-state index is 12.2. The molecule has 0 aromatic heterocycles. The van der Waals surface area contributed by atoms with Crippen LogP contribution >= 0.6 is 15.9 Å². The lowest BCUT2D eigenvalue weighted by Crippen LogP contribution is -2.52. The number of carbonyl (C=O) groups excluding carboxylic acids is 3. The first-order valence-electron chi connectivity index (χ1n) is 7.64. The quantitative estimate of drug-likeness (QED) is 0.562. The summed E-state index contributed by atoms with van der Waals surface area (Å²) in [5.74, 6) is -0.893. The summed E-state index contributed by atoms with van der Waals surface area (Å²) in [7, 11) is 0. The summed E-state index contributed by atoms with van der Waals surface area (Å²) in [6, 6.07) is 3.93. The van der Waals surface area contributed by atoms with Crippen molar-refractivity contribution in [2.24, 2.45) is 11.7 Å². The summed E-state index contributed by atoms with van der Waals surface area (Å²) in [6.07, 6.45) is 0.683. The lowest BCUT2D eigenvalue weighted by molar-refractivity contribution is -0.126. The maximum absolute atomic E-state index is 12.2. The van der Waals surface area contributed by atoms with Gasteiger partial charge in [-0.2, -0.15) is 0 Å². The van der Waals surface area contributed by atoms with Gasteiger partial charge in [-0.05, 0) is 36.6 Å². The van der Waals surface area contributed by atoms with Crippen LogP contribution in [-0.2, 0) is 9.59 Å². The van der Waals surface area contributed by atoms with Crippen LogP contribution in [-0.4, -0.2) is 30.4 Å². The molecule has 132 valence electrons. The van der Waals surface area contributed by atoms with E-state index in [0.29, 0.717) is 12.1 Å². The van der Waals surface area contributed by atoms with Gasteiger partial charge in [-0.25, -0.2) is 4.79 Å². The zero-order valence-electron chi connectivity index (χ0n) is 14.0. The predicted molar refractivity (Wildman–Crippen MR) is 96.5 cm³/mol. The number of anilines is 1. The third-order valence-electron chi connectivity index (χ3n) is 3.68. The summed E-state index contributed by atoms with van der Waals surface area (Å²) in [6.45, 7) is 5.40. The van der Waals surface area contributed by atoms with E-state index in [1.54, 1.807) is 6.07 Å². The molecule has 0 aliphatic heterocycles. The van der Waals surface area contributed by atoms with Crippen LogP contribution in [0.15, 0.2) is 22.7 Å². The minimum atomic E-state index is -0.773. The fraction of sp³-hybridized carbons (Fsp3) is 0.438. The van der Waals surface area contributed by atoms with Crippen LogP contribution in [0.4, 0.5) is 10.5 Å². The van der Waals surface area contributed by atoms with Crippen molar-refractivity contribution in [3.8, 4) is 0 Å². The Balaban J connectivity index is 2.60. The van der Waals surface area contributed by atoms with Gasteiger partial charge in [0.2, 0.25) is 11.8 Å². The van der Waals surface area contributed by atoms with E-state index in [4.69, 9.17) is 5.73 Å². The highest BCUT2D eigenvalue weighted by molar-refractivity contribution is 9.10. The van der Waals surface area contributed by atoms with Gasteiger partial charge in [0.15, 0.2) is 0 Å². The Morgan fingerprint density at radius 1 is 1.29 bits per heavy atom. The first-order chi connectivity index (χ1) is 11.2. The van der Waals surface area contributed by atoms with Gasteiger partial charge in [0.25, 0.3) is 0 Å². The normalized spacial score (nSPS) is 12.8. The van der Waals surface area contributed by atoms with Crippen LogP contribution in [0.5, 0.6) is 0 Å². The number of nitrogens with two attached hydrogens (primary N) is 1. The highest BCUT2D eigenvalue weighted by atomic mass is 79.9. The molecule has 0 saturated heterocycles. The summed E-state index contributed by atoms with van der Waals surface area (Å²) < 4.78 is 0.917. The molecule has 8 heteroatoms. The Labute approximate surface area is 149 Å². The highest BCUT2D eigenvalue weighted by Gasteiger charge is 2.25. The van der Waals surface area contributed by atoms with E-state index in [1.165, 1.54) is 0 Å². The number of hydrogen-bond donors (Lipinski definition) is 4. The van der Waals surface area contributed by atoms with E-state index in [-0.39, 0.29) is 18.4 Å². The van der Waals surface area contributed by atoms with Crippen LogP contribution in [0.25, 0.3) is 0 Å². The van der Waals surface area contributed by atoms with Gasteiger partial charge in [-0.1, -0.05) is 36.2 Å². The van der Waals surface area contributed by atoms with Gasteiger partial charge < -0.3 is 21.7 Å². The molecule has 24 heavy (non-hydrogen) atoms. The first-order valence-corrected chi connectivity index (χ1v) is 8.43. The van der Waals surface area contributed by atoms with Crippen molar-refractivity contribution in [3.05, 3.63) is 28.2 Å². The maximum Gasteiger partial charge on any atom is 0.312 e. The van der Waals surface area contributed by atoms with Crippen molar-refractivity contribution in [1.29, 1.82) is 0 Å². The molecule has 2 atom stereocenters. The topological polar surface area (TPSA) is 113 Å². The molecule has 1 aromatic rings. The molecule has 0 aliphatic carbocycles. The standard InChI is InChI=1S/C16H23BrN4O3/c1-4-9(2)14(21-16(18)24)15(23)19-8-13(22)20-12-6-5-11(17)7-10(12)3/h5-7,9,14H,4,8H2,1-3H3,(H,19,23)(H,20,22)(H3,18,21,24)/t9-,14+/m0/s1. The second kappa shape index (κ2) is 9.27. The van der Waals surface area contributed by atoms with Crippen LogP contribution < -0.4 is 21.7 Å². The molecule has 0 saturated carbocycles. The summed E-state index contributed by atoms with van der Waals surface area (Å²) in [4.78, 5) is 35.2. The van der Waals surface area contributed by atoms with Crippen molar-refractivity contribution in [1.82, 2.24) is 10.6 Å². The molecule has 0 radical (unpaired) electrons. The van der Waals surface area contributed by atoms with Gasteiger partial charge >= 0.3 is 6.03 Å². The SMILES string of the molecule is CC[C@H](C)[C@@H](NC(N)=O)C(=O)NCC(=O)Nc1ccc(Br)cc1C. The largest absolute Gasteiger partial charge is 0.352 e. The van der Waals surface area contributed by atoms with Gasteiger partial charge in [0.1, 0.15) is 6.04 Å². The number of primary amides is 1. The third kappa shape index (κ3) is 6.19. The molecule has 0 heterocycles. The first kappa shape index (κ1) is 20.0. The number of urea groups is 1. The number of carbonyl (C=O) groups is 3. The molecule has 0 aliphatic rings. The molecule has 1 rings (SSSR count). The summed E-state index contributed by atoms with van der Waals surface area (Å²) >= 11 is 3.35. The zero-order valence-corrected chi connectivity index (χ0v) is 15.6. The monoisotopic (exact) mass is 398 g/mol. The Hall–Kier alpha value is -2.09. The number of benzene rings is 1. The van der Waals surface area contributed by atoms with Crippen LogP contribution in [0, 0.1) is 12.8 Å². The van der Waals surface area contributed by atoms with Gasteiger partial charge in [-0.15, -0.1) is 0 Å². The molecular weight excluding hydrogens is 376 g/mol. The molecule has 7 nitrogen and oxygen atoms in total. The van der Waals surface area contributed by atoms with Gasteiger partial charge in [0.05, 0.1) is 6.54 Å². The second-order valence-electron chi connectivity index (χ2n) is 5.60. The molecule has 5 N–H and O–H groups in total. The predicted octanol–water partition coefficient (Wildman–Crippen LogP) is 1.90. The number of aryl methyl sites for hydroxylation is 1. The van der Waals surface area contributed by atoms with E-state index < -0.39 is 18.0 Å². The van der Waals surface area contributed by atoms with Gasteiger partial charge in [-0.3, -0.25) is 9.59 Å². The van der Waals surface area contributed by atoms with Crippen molar-refractivity contribution in [3.63, 3.8) is 0 Å². The third-order valence-corrected chi connectivity index (χ3v) is 4.17. The number of halogens is 1. The number of nitrogens with one attached hydrogen (secondary N) is 3. The highest BCUT2D eigenvalue weighted by Crippen LogP contribution is 2.19. The van der Waals surface area contributed by atoms with Crippen molar-refractivity contribution < 1.29 is 14.4 Å². The van der Waals surface area contributed by atoms with Crippen molar-refractivity contribution in [2.75, 3.05) is 11.9 Å². The Bertz CT molecular complexity index is 621. The Morgan fingerprint density at radius 2 is 1.96 bits per heavy atom. The van der Waals surface area contributed by atoms with E-state index >= 15 is 0 Å².